The number of hydrogen-bond donors (Lipinski definition) is 1. The molecule has 1 N–H and O–H groups in total. The van der Waals surface area contributed by atoms with Crippen molar-refractivity contribution >= 4 is 28.7 Å². The molecule has 1 aromatic heterocycles. The van der Waals surface area contributed by atoms with E-state index >= 15 is 0 Å². The van der Waals surface area contributed by atoms with Crippen molar-refractivity contribution in [3.63, 3.8) is 0 Å². The number of oxazole rings is 1. The van der Waals surface area contributed by atoms with Crippen molar-refractivity contribution in [1.29, 1.82) is 0 Å². The lowest BCUT2D eigenvalue weighted by Crippen LogP contribution is -2.35. The number of aromatic nitrogens is 1. The standard InChI is InChI=1S/C14H16ClNO3/c1-8(2)14(3,13(17)18)7-12-16-10-6-9(15)4-5-11(10)19-12/h4-6,8H,7H2,1-3H3,(H,17,18). The lowest BCUT2D eigenvalue weighted by Gasteiger charge is -2.27. The third kappa shape index (κ3) is 2.59. The van der Waals surface area contributed by atoms with E-state index in [1.54, 1.807) is 25.1 Å². The second kappa shape index (κ2) is 4.85. The maximum absolute atomic E-state index is 11.4. The van der Waals surface area contributed by atoms with E-state index in [1.165, 1.54) is 0 Å². The highest BCUT2D eigenvalue weighted by atomic mass is 35.5. The first-order valence-electron chi connectivity index (χ1n) is 6.11. The summed E-state index contributed by atoms with van der Waals surface area (Å²) < 4.78 is 5.59. The van der Waals surface area contributed by atoms with Gasteiger partial charge in [-0.2, -0.15) is 0 Å². The molecule has 0 spiro atoms. The van der Waals surface area contributed by atoms with Crippen LogP contribution in [0.15, 0.2) is 22.6 Å². The van der Waals surface area contributed by atoms with Gasteiger partial charge in [0.1, 0.15) is 5.52 Å². The van der Waals surface area contributed by atoms with Gasteiger partial charge < -0.3 is 9.52 Å². The summed E-state index contributed by atoms with van der Waals surface area (Å²) in [6.45, 7) is 5.48. The first kappa shape index (κ1) is 13.9. The van der Waals surface area contributed by atoms with E-state index in [1.807, 2.05) is 13.8 Å². The van der Waals surface area contributed by atoms with Gasteiger partial charge >= 0.3 is 5.97 Å². The largest absolute Gasteiger partial charge is 0.481 e. The first-order chi connectivity index (χ1) is 8.83. The predicted molar refractivity (Wildman–Crippen MR) is 73.3 cm³/mol. The maximum atomic E-state index is 11.4. The topological polar surface area (TPSA) is 63.3 Å². The molecule has 0 saturated heterocycles. The van der Waals surface area contributed by atoms with Crippen molar-refractivity contribution in [2.24, 2.45) is 11.3 Å². The van der Waals surface area contributed by atoms with Crippen LogP contribution in [0.2, 0.25) is 5.02 Å². The third-order valence-electron chi connectivity index (χ3n) is 3.68. The fourth-order valence-electron chi connectivity index (χ4n) is 1.86. The Morgan fingerprint density at radius 2 is 2.21 bits per heavy atom. The molecule has 1 atom stereocenters. The molecule has 0 radical (unpaired) electrons. The highest BCUT2D eigenvalue weighted by Crippen LogP contribution is 2.32. The second-order valence-corrected chi connectivity index (χ2v) is 5.71. The number of rotatable bonds is 4. The number of carbonyl (C=O) groups is 1. The van der Waals surface area contributed by atoms with E-state index < -0.39 is 11.4 Å². The molecule has 2 aromatic rings. The molecule has 0 aliphatic carbocycles. The molecule has 102 valence electrons. The van der Waals surface area contributed by atoms with Gasteiger partial charge in [0.2, 0.25) is 0 Å². The highest BCUT2D eigenvalue weighted by Gasteiger charge is 2.38. The summed E-state index contributed by atoms with van der Waals surface area (Å²) in [5.41, 5.74) is 0.375. The number of carboxylic acid groups (broad SMARTS) is 1. The molecule has 2 rings (SSSR count). The van der Waals surface area contributed by atoms with Gasteiger partial charge in [-0.3, -0.25) is 4.79 Å². The minimum absolute atomic E-state index is 0.0244. The zero-order valence-electron chi connectivity index (χ0n) is 11.1. The molecule has 0 amide bonds. The molecule has 19 heavy (non-hydrogen) atoms. The average molecular weight is 282 g/mol. The zero-order valence-corrected chi connectivity index (χ0v) is 11.9. The molecule has 0 bridgehead atoms. The monoisotopic (exact) mass is 281 g/mol. The van der Waals surface area contributed by atoms with Crippen molar-refractivity contribution in [2.45, 2.75) is 27.2 Å². The average Bonchev–Trinajstić information content (AvgIpc) is 2.69. The van der Waals surface area contributed by atoms with Gasteiger partial charge in [-0.1, -0.05) is 25.4 Å². The minimum atomic E-state index is -0.898. The predicted octanol–water partition coefficient (Wildman–Crippen LogP) is 3.77. The summed E-state index contributed by atoms with van der Waals surface area (Å²) in [6, 6.07) is 5.16. The van der Waals surface area contributed by atoms with E-state index in [-0.39, 0.29) is 12.3 Å². The number of nitrogens with zero attached hydrogens (tertiary/aromatic N) is 1. The summed E-state index contributed by atoms with van der Waals surface area (Å²) >= 11 is 5.89. The van der Waals surface area contributed by atoms with E-state index in [0.717, 1.165) is 0 Å². The van der Waals surface area contributed by atoms with Crippen LogP contribution in [0.4, 0.5) is 0 Å². The van der Waals surface area contributed by atoms with Crippen molar-refractivity contribution in [1.82, 2.24) is 4.98 Å². The van der Waals surface area contributed by atoms with Gasteiger partial charge in [0.15, 0.2) is 11.5 Å². The highest BCUT2D eigenvalue weighted by molar-refractivity contribution is 6.31. The molecule has 0 aliphatic rings. The van der Waals surface area contributed by atoms with Crippen molar-refractivity contribution in [3.8, 4) is 0 Å². The molecule has 0 aliphatic heterocycles. The molecule has 1 unspecified atom stereocenters. The van der Waals surface area contributed by atoms with Crippen molar-refractivity contribution in [2.75, 3.05) is 0 Å². The summed E-state index contributed by atoms with van der Waals surface area (Å²) in [5.74, 6) is -0.442. The van der Waals surface area contributed by atoms with Crippen molar-refractivity contribution < 1.29 is 14.3 Å². The van der Waals surface area contributed by atoms with Crippen LogP contribution in [0.1, 0.15) is 26.7 Å². The summed E-state index contributed by atoms with van der Waals surface area (Å²) in [7, 11) is 0. The van der Waals surface area contributed by atoms with Gasteiger partial charge in [-0.05, 0) is 31.0 Å². The molecule has 4 nitrogen and oxygen atoms in total. The lowest BCUT2D eigenvalue weighted by atomic mass is 9.76. The third-order valence-corrected chi connectivity index (χ3v) is 3.91. The minimum Gasteiger partial charge on any atom is -0.481 e. The van der Waals surface area contributed by atoms with E-state index in [9.17, 15) is 9.90 Å². The summed E-state index contributed by atoms with van der Waals surface area (Å²) in [4.78, 5) is 15.8. The second-order valence-electron chi connectivity index (χ2n) is 5.27. The van der Waals surface area contributed by atoms with E-state index in [0.29, 0.717) is 22.0 Å². The molecule has 5 heteroatoms. The van der Waals surface area contributed by atoms with Crippen LogP contribution in [0, 0.1) is 11.3 Å². The number of carboxylic acids is 1. The van der Waals surface area contributed by atoms with E-state index in [2.05, 4.69) is 4.98 Å². The lowest BCUT2D eigenvalue weighted by molar-refractivity contribution is -0.150. The fourth-order valence-corrected chi connectivity index (χ4v) is 2.03. The van der Waals surface area contributed by atoms with Crippen molar-refractivity contribution in [3.05, 3.63) is 29.1 Å². The van der Waals surface area contributed by atoms with Crippen LogP contribution in [-0.4, -0.2) is 16.1 Å². The number of hydrogen-bond acceptors (Lipinski definition) is 3. The van der Waals surface area contributed by atoms with Crippen LogP contribution >= 0.6 is 11.6 Å². The first-order valence-corrected chi connectivity index (χ1v) is 6.49. The summed E-state index contributed by atoms with van der Waals surface area (Å²) in [6.07, 6.45) is 0.256. The van der Waals surface area contributed by atoms with Crippen LogP contribution in [0.5, 0.6) is 0 Å². The number of halogens is 1. The Hall–Kier alpha value is -1.55. The van der Waals surface area contributed by atoms with Crippen LogP contribution < -0.4 is 0 Å². The van der Waals surface area contributed by atoms with E-state index in [4.69, 9.17) is 16.0 Å². The fraction of sp³-hybridized carbons (Fsp3) is 0.429. The number of benzene rings is 1. The molecule has 1 heterocycles. The molecular weight excluding hydrogens is 266 g/mol. The van der Waals surface area contributed by atoms with Gasteiger partial charge in [-0.25, -0.2) is 4.98 Å². The Bertz CT molecular complexity index is 620. The molecule has 0 saturated carbocycles. The van der Waals surface area contributed by atoms with Gasteiger partial charge in [-0.15, -0.1) is 0 Å². The Kier molecular flexibility index (Phi) is 3.54. The van der Waals surface area contributed by atoms with Crippen LogP contribution in [0.25, 0.3) is 11.1 Å². The Balaban J connectivity index is 2.37. The molecule has 0 fully saturated rings. The van der Waals surface area contributed by atoms with Gasteiger partial charge in [0, 0.05) is 11.4 Å². The number of aliphatic carboxylic acids is 1. The number of fused-ring (bicyclic) bond motifs is 1. The van der Waals surface area contributed by atoms with Crippen LogP contribution in [-0.2, 0) is 11.2 Å². The Morgan fingerprint density at radius 1 is 1.53 bits per heavy atom. The zero-order chi connectivity index (χ0) is 14.2. The van der Waals surface area contributed by atoms with Gasteiger partial charge in [0.05, 0.1) is 5.41 Å². The maximum Gasteiger partial charge on any atom is 0.310 e. The molecule has 1 aromatic carbocycles. The normalized spacial score (nSPS) is 14.8. The summed E-state index contributed by atoms with van der Waals surface area (Å²) in [5, 5.41) is 9.97. The Labute approximate surface area is 116 Å². The molecular formula is C14H16ClNO3. The van der Waals surface area contributed by atoms with Gasteiger partial charge in [0.25, 0.3) is 0 Å². The Morgan fingerprint density at radius 3 is 2.79 bits per heavy atom. The van der Waals surface area contributed by atoms with Crippen LogP contribution in [0.3, 0.4) is 0 Å². The smallest absolute Gasteiger partial charge is 0.310 e. The quantitative estimate of drug-likeness (QED) is 0.926. The SMILES string of the molecule is CC(C)C(C)(Cc1nc2cc(Cl)ccc2o1)C(=O)O.